The summed E-state index contributed by atoms with van der Waals surface area (Å²) in [6.07, 6.45) is 3.68. The van der Waals surface area contributed by atoms with Crippen LogP contribution in [0.4, 0.5) is 17.3 Å². The van der Waals surface area contributed by atoms with Gasteiger partial charge < -0.3 is 15.0 Å². The Balaban J connectivity index is 1.26. The van der Waals surface area contributed by atoms with Crippen LogP contribution in [0.15, 0.2) is 60.8 Å². The van der Waals surface area contributed by atoms with Crippen molar-refractivity contribution in [3.63, 3.8) is 0 Å². The molecular weight excluding hydrogens is 402 g/mol. The van der Waals surface area contributed by atoms with E-state index in [0.717, 1.165) is 36.5 Å². The molecule has 1 N–H and O–H groups in total. The number of hydrogen-bond donors (Lipinski definition) is 1. The number of ketones is 1. The molecule has 2 bridgehead atoms. The van der Waals surface area contributed by atoms with Crippen LogP contribution < -0.4 is 10.2 Å². The number of Topliss-reactive ketones (excluding diaryl/α,β-unsaturated/α-hetero) is 1. The molecule has 0 radical (unpaired) electrons. The molecule has 2 fully saturated rings. The van der Waals surface area contributed by atoms with Gasteiger partial charge in [-0.25, -0.2) is 9.97 Å². The molecule has 2 atom stereocenters. The average molecular weight is 425 g/mol. The topological polar surface area (TPSA) is 91.1 Å². The number of nitriles is 1. The van der Waals surface area contributed by atoms with E-state index >= 15 is 0 Å². The largest absolute Gasteiger partial charge is 0.374 e. The molecule has 0 saturated carbocycles. The summed E-state index contributed by atoms with van der Waals surface area (Å²) in [7, 11) is 0. The Bertz CT molecular complexity index is 1150. The smallest absolute Gasteiger partial charge is 0.227 e. The minimum Gasteiger partial charge on any atom is -0.374 e. The number of carbonyl (C=O) groups is 1. The monoisotopic (exact) mass is 425 g/mol. The van der Waals surface area contributed by atoms with E-state index in [0.29, 0.717) is 23.7 Å². The highest BCUT2D eigenvalue weighted by molar-refractivity contribution is 5.96. The minimum absolute atomic E-state index is 0.0270. The molecule has 3 heterocycles. The molecule has 0 aliphatic carbocycles. The number of hydrogen-bond acceptors (Lipinski definition) is 7. The van der Waals surface area contributed by atoms with Gasteiger partial charge in [0.2, 0.25) is 5.95 Å². The third-order valence-electron chi connectivity index (χ3n) is 5.98. The summed E-state index contributed by atoms with van der Waals surface area (Å²) in [5.74, 6) is 0.485. The zero-order chi connectivity index (χ0) is 21.9. The first kappa shape index (κ1) is 20.2. The molecule has 5 rings (SSSR count). The van der Waals surface area contributed by atoms with Crippen LogP contribution in [-0.4, -0.2) is 41.0 Å². The number of ether oxygens (including phenoxy) is 1. The number of rotatable bonds is 7. The van der Waals surface area contributed by atoms with Crippen molar-refractivity contribution in [2.24, 2.45) is 0 Å². The van der Waals surface area contributed by atoms with Gasteiger partial charge in [-0.3, -0.25) is 4.79 Å². The van der Waals surface area contributed by atoms with Crippen molar-refractivity contribution < 1.29 is 9.53 Å². The highest BCUT2D eigenvalue weighted by atomic mass is 16.5. The second-order valence-electron chi connectivity index (χ2n) is 8.09. The lowest BCUT2D eigenvalue weighted by molar-refractivity contribution is 0.0983. The molecule has 2 aliphatic rings. The summed E-state index contributed by atoms with van der Waals surface area (Å²) < 4.78 is 5.69. The Morgan fingerprint density at radius 3 is 2.66 bits per heavy atom. The second-order valence-corrected chi connectivity index (χ2v) is 8.09. The lowest BCUT2D eigenvalue weighted by Crippen LogP contribution is -2.36. The Hall–Kier alpha value is -3.76. The fraction of sp³-hybridized carbons (Fsp3) is 0.280. The quantitative estimate of drug-likeness (QED) is 0.563. The van der Waals surface area contributed by atoms with Crippen molar-refractivity contribution in [3.05, 3.63) is 66.4 Å². The Labute approximate surface area is 186 Å². The fourth-order valence-corrected chi connectivity index (χ4v) is 4.30. The predicted octanol–water partition coefficient (Wildman–Crippen LogP) is 4.35. The number of nitrogens with one attached hydrogen (secondary N) is 1. The van der Waals surface area contributed by atoms with E-state index in [9.17, 15) is 4.79 Å². The molecule has 2 aromatic carbocycles. The van der Waals surface area contributed by atoms with Gasteiger partial charge >= 0.3 is 0 Å². The number of aromatic nitrogens is 2. The van der Waals surface area contributed by atoms with Crippen molar-refractivity contribution in [2.45, 2.75) is 31.4 Å². The molecular formula is C25H23N5O2. The first-order valence-electron chi connectivity index (χ1n) is 10.8. The van der Waals surface area contributed by atoms with Crippen LogP contribution in [0.3, 0.4) is 0 Å². The fourth-order valence-electron chi connectivity index (χ4n) is 4.30. The van der Waals surface area contributed by atoms with Gasteiger partial charge in [-0.1, -0.05) is 24.3 Å². The van der Waals surface area contributed by atoms with Gasteiger partial charge in [-0.15, -0.1) is 0 Å². The average Bonchev–Trinajstić information content (AvgIpc) is 3.47. The summed E-state index contributed by atoms with van der Waals surface area (Å²) in [5, 5.41) is 11.9. The third-order valence-corrected chi connectivity index (χ3v) is 5.98. The first-order chi connectivity index (χ1) is 15.7. The summed E-state index contributed by atoms with van der Waals surface area (Å²) in [4.78, 5) is 23.4. The molecule has 0 unspecified atom stereocenters. The van der Waals surface area contributed by atoms with Crippen molar-refractivity contribution in [1.29, 1.82) is 5.26 Å². The summed E-state index contributed by atoms with van der Waals surface area (Å²) >= 11 is 0. The van der Waals surface area contributed by atoms with Crippen LogP contribution in [0, 0.1) is 11.3 Å². The highest BCUT2D eigenvalue weighted by Gasteiger charge is 2.38. The highest BCUT2D eigenvalue weighted by Crippen LogP contribution is 2.33. The molecule has 0 spiro atoms. The number of morpholine rings is 1. The maximum absolute atomic E-state index is 12.1. The van der Waals surface area contributed by atoms with Gasteiger partial charge in [0.15, 0.2) is 5.78 Å². The van der Waals surface area contributed by atoms with Crippen molar-refractivity contribution in [1.82, 2.24) is 9.97 Å². The van der Waals surface area contributed by atoms with Gasteiger partial charge in [-0.05, 0) is 36.8 Å². The predicted molar refractivity (Wildman–Crippen MR) is 122 cm³/mol. The van der Waals surface area contributed by atoms with Crippen molar-refractivity contribution in [3.8, 4) is 17.3 Å². The van der Waals surface area contributed by atoms with Crippen LogP contribution in [0.25, 0.3) is 11.3 Å². The summed E-state index contributed by atoms with van der Waals surface area (Å²) in [5.41, 5.74) is 4.40. The van der Waals surface area contributed by atoms with Gasteiger partial charge in [0.1, 0.15) is 0 Å². The van der Waals surface area contributed by atoms with Gasteiger partial charge in [0, 0.05) is 48.1 Å². The first-order valence-corrected chi connectivity index (χ1v) is 10.8. The second kappa shape index (κ2) is 8.77. The van der Waals surface area contributed by atoms with E-state index in [2.05, 4.69) is 32.3 Å². The standard InChI is InChI=1S/C25H23N5O2/c26-12-1-2-24(31)18-5-3-17(4-6-18)23-11-13-27-25(29-23)28-19-7-9-20(10-8-19)30-15-22-14-21(30)16-32-22/h3-11,13,21-22H,1-2,14-16H2,(H,27,28,29)/t21-,22-/m1/s1. The zero-order valence-corrected chi connectivity index (χ0v) is 17.6. The molecule has 1 aromatic heterocycles. The minimum atomic E-state index is -0.0270. The van der Waals surface area contributed by atoms with E-state index in [-0.39, 0.29) is 18.6 Å². The summed E-state index contributed by atoms with van der Waals surface area (Å²) in [6, 6.07) is 19.9. The molecule has 3 aromatic rings. The Morgan fingerprint density at radius 2 is 1.97 bits per heavy atom. The van der Waals surface area contributed by atoms with E-state index in [1.165, 1.54) is 5.69 Å². The lowest BCUT2D eigenvalue weighted by Gasteiger charge is -2.29. The number of carbonyl (C=O) groups excluding carboxylic acids is 1. The van der Waals surface area contributed by atoms with Gasteiger partial charge in [0.25, 0.3) is 0 Å². The van der Waals surface area contributed by atoms with Crippen LogP contribution in [-0.2, 0) is 4.74 Å². The van der Waals surface area contributed by atoms with Crippen LogP contribution in [0.1, 0.15) is 29.6 Å². The maximum Gasteiger partial charge on any atom is 0.227 e. The van der Waals surface area contributed by atoms with Crippen molar-refractivity contribution in [2.75, 3.05) is 23.4 Å². The van der Waals surface area contributed by atoms with E-state index in [1.807, 2.05) is 36.4 Å². The van der Waals surface area contributed by atoms with Crippen LogP contribution >= 0.6 is 0 Å². The van der Waals surface area contributed by atoms with E-state index < -0.39 is 0 Å². The molecule has 32 heavy (non-hydrogen) atoms. The molecule has 0 amide bonds. The molecule has 2 saturated heterocycles. The van der Waals surface area contributed by atoms with Gasteiger partial charge in [0.05, 0.1) is 30.5 Å². The molecule has 160 valence electrons. The summed E-state index contributed by atoms with van der Waals surface area (Å²) in [6.45, 7) is 1.78. The Kier molecular flexibility index (Phi) is 5.53. The lowest BCUT2D eigenvalue weighted by atomic mass is 10.0. The van der Waals surface area contributed by atoms with Crippen LogP contribution in [0.5, 0.6) is 0 Å². The number of benzene rings is 2. The van der Waals surface area contributed by atoms with E-state index in [4.69, 9.17) is 10.00 Å². The number of anilines is 3. The van der Waals surface area contributed by atoms with E-state index in [1.54, 1.807) is 18.3 Å². The number of nitrogens with zero attached hydrogens (tertiary/aromatic N) is 4. The van der Waals surface area contributed by atoms with Gasteiger partial charge in [-0.2, -0.15) is 5.26 Å². The molecule has 7 heteroatoms. The molecule has 2 aliphatic heterocycles. The van der Waals surface area contributed by atoms with Crippen LogP contribution in [0.2, 0.25) is 0 Å². The Morgan fingerprint density at radius 1 is 1.16 bits per heavy atom. The van der Waals surface area contributed by atoms with Crippen molar-refractivity contribution >= 4 is 23.1 Å². The number of fused-ring (bicyclic) bond motifs is 2. The SMILES string of the molecule is N#CCCC(=O)c1ccc(-c2ccnc(Nc3ccc(N4C[C@H]5C[C@@H]4CO5)cc3)n2)cc1. The maximum atomic E-state index is 12.1. The normalized spacial score (nSPS) is 19.0. The third kappa shape index (κ3) is 4.18. The molecule has 7 nitrogen and oxygen atoms in total. The zero-order valence-electron chi connectivity index (χ0n) is 17.6.